The molecule has 0 fully saturated rings. The first-order valence-corrected chi connectivity index (χ1v) is 8.48. The fourth-order valence-corrected chi connectivity index (χ4v) is 3.60. The van der Waals surface area contributed by atoms with Crippen molar-refractivity contribution in [3.63, 3.8) is 0 Å². The number of nitro benzene ring substituents is 1. The molecular weight excluding hydrogens is 352 g/mol. The van der Waals surface area contributed by atoms with E-state index in [1.54, 1.807) is 23.5 Å². The van der Waals surface area contributed by atoms with Crippen molar-refractivity contribution in [2.45, 2.75) is 32.4 Å². The summed E-state index contributed by atoms with van der Waals surface area (Å²) in [6.07, 6.45) is 1.97. The molecule has 6 heteroatoms. The average Bonchev–Trinajstić information content (AvgIpc) is 2.89. The molecule has 1 aromatic heterocycles. The molecule has 0 aliphatic rings. The maximum absolute atomic E-state index is 10.9. The third-order valence-electron chi connectivity index (χ3n) is 3.21. The number of hydrogen-bond acceptors (Lipinski definition) is 4. The molecule has 0 bridgehead atoms. The molecule has 1 heterocycles. The van der Waals surface area contributed by atoms with Gasteiger partial charge in [-0.25, -0.2) is 0 Å². The van der Waals surface area contributed by atoms with Crippen LogP contribution in [0.2, 0.25) is 0 Å². The molecule has 0 spiro atoms. The predicted octanol–water partition coefficient (Wildman–Crippen LogP) is 5.05. The standard InChI is InChI=1S/C15H17BrN2O2S/c1-2-4-15(17-9-14-8-12(16)10-21-14)11-5-3-6-13(7-11)18(19)20/h3,5-8,10,15,17H,2,4,9H2,1H3. The van der Waals surface area contributed by atoms with Crippen LogP contribution < -0.4 is 5.32 Å². The minimum atomic E-state index is -0.344. The topological polar surface area (TPSA) is 55.2 Å². The van der Waals surface area contributed by atoms with Crippen molar-refractivity contribution in [2.75, 3.05) is 0 Å². The molecule has 0 saturated carbocycles. The Morgan fingerprint density at radius 3 is 2.86 bits per heavy atom. The van der Waals surface area contributed by atoms with Gasteiger partial charge in [0.05, 0.1) is 4.92 Å². The van der Waals surface area contributed by atoms with E-state index >= 15 is 0 Å². The third-order valence-corrected chi connectivity index (χ3v) is 4.90. The summed E-state index contributed by atoms with van der Waals surface area (Å²) in [5.41, 5.74) is 1.12. The van der Waals surface area contributed by atoms with Gasteiger partial charge in [0.1, 0.15) is 0 Å². The van der Waals surface area contributed by atoms with Crippen molar-refractivity contribution >= 4 is 33.0 Å². The molecule has 0 amide bonds. The van der Waals surface area contributed by atoms with Crippen molar-refractivity contribution in [2.24, 2.45) is 0 Å². The lowest BCUT2D eigenvalue weighted by Crippen LogP contribution is -2.20. The van der Waals surface area contributed by atoms with Crippen LogP contribution in [0.1, 0.15) is 36.2 Å². The van der Waals surface area contributed by atoms with Gasteiger partial charge in [-0.1, -0.05) is 25.5 Å². The molecule has 2 aromatic rings. The number of benzene rings is 1. The van der Waals surface area contributed by atoms with Crippen LogP contribution in [-0.4, -0.2) is 4.92 Å². The van der Waals surface area contributed by atoms with Crippen LogP contribution in [0.3, 0.4) is 0 Å². The second-order valence-corrected chi connectivity index (χ2v) is 6.72. The average molecular weight is 369 g/mol. The Morgan fingerprint density at radius 1 is 1.43 bits per heavy atom. The third kappa shape index (κ3) is 4.62. The van der Waals surface area contributed by atoms with Gasteiger partial charge in [-0.05, 0) is 34.0 Å². The van der Waals surface area contributed by atoms with E-state index in [9.17, 15) is 10.1 Å². The Bertz CT molecular complexity index is 615. The number of halogens is 1. The Hall–Kier alpha value is -1.24. The highest BCUT2D eigenvalue weighted by Gasteiger charge is 2.14. The van der Waals surface area contributed by atoms with Crippen molar-refractivity contribution in [1.29, 1.82) is 0 Å². The first-order valence-electron chi connectivity index (χ1n) is 6.80. The van der Waals surface area contributed by atoms with E-state index in [1.807, 2.05) is 6.07 Å². The summed E-state index contributed by atoms with van der Waals surface area (Å²) in [5.74, 6) is 0. The van der Waals surface area contributed by atoms with Gasteiger partial charge < -0.3 is 5.32 Å². The van der Waals surface area contributed by atoms with Crippen molar-refractivity contribution < 1.29 is 4.92 Å². The van der Waals surface area contributed by atoms with Crippen molar-refractivity contribution in [3.8, 4) is 0 Å². The Balaban J connectivity index is 2.10. The minimum absolute atomic E-state index is 0.135. The molecule has 0 saturated heterocycles. The van der Waals surface area contributed by atoms with E-state index in [0.717, 1.165) is 29.4 Å². The van der Waals surface area contributed by atoms with Gasteiger partial charge in [0, 0.05) is 39.4 Å². The molecule has 4 nitrogen and oxygen atoms in total. The van der Waals surface area contributed by atoms with E-state index in [1.165, 1.54) is 10.9 Å². The molecule has 112 valence electrons. The van der Waals surface area contributed by atoms with Crippen LogP contribution in [0, 0.1) is 10.1 Å². The zero-order chi connectivity index (χ0) is 15.2. The number of nitro groups is 1. The molecule has 1 aromatic carbocycles. The monoisotopic (exact) mass is 368 g/mol. The molecular formula is C15H17BrN2O2S. The van der Waals surface area contributed by atoms with E-state index in [2.05, 4.69) is 39.6 Å². The second-order valence-electron chi connectivity index (χ2n) is 4.81. The van der Waals surface area contributed by atoms with Crippen molar-refractivity contribution in [1.82, 2.24) is 5.32 Å². The lowest BCUT2D eigenvalue weighted by Gasteiger charge is -2.18. The SMILES string of the molecule is CCCC(NCc1cc(Br)cs1)c1cccc([N+](=O)[O-])c1. The predicted molar refractivity (Wildman–Crippen MR) is 89.6 cm³/mol. The van der Waals surface area contributed by atoms with Crippen LogP contribution >= 0.6 is 27.3 Å². The molecule has 0 aliphatic carbocycles. The summed E-state index contributed by atoms with van der Waals surface area (Å²) in [4.78, 5) is 11.8. The number of thiophene rings is 1. The quantitative estimate of drug-likeness (QED) is 0.549. The van der Waals surface area contributed by atoms with Crippen LogP contribution in [0.5, 0.6) is 0 Å². The van der Waals surface area contributed by atoms with E-state index in [4.69, 9.17) is 0 Å². The second kappa shape index (κ2) is 7.68. The van der Waals surface area contributed by atoms with Gasteiger partial charge in [0.25, 0.3) is 5.69 Å². The summed E-state index contributed by atoms with van der Waals surface area (Å²) in [5, 5.41) is 16.5. The lowest BCUT2D eigenvalue weighted by atomic mass is 10.0. The molecule has 1 unspecified atom stereocenters. The molecule has 0 aliphatic heterocycles. The van der Waals surface area contributed by atoms with E-state index < -0.39 is 0 Å². The smallest absolute Gasteiger partial charge is 0.269 e. The van der Waals surface area contributed by atoms with Crippen LogP contribution in [0.4, 0.5) is 5.69 Å². The molecule has 1 atom stereocenters. The highest BCUT2D eigenvalue weighted by Crippen LogP contribution is 2.25. The fourth-order valence-electron chi connectivity index (χ4n) is 2.20. The van der Waals surface area contributed by atoms with Crippen LogP contribution in [0.25, 0.3) is 0 Å². The fraction of sp³-hybridized carbons (Fsp3) is 0.333. The first kappa shape index (κ1) is 16.1. The van der Waals surface area contributed by atoms with Gasteiger partial charge in [0.2, 0.25) is 0 Å². The summed E-state index contributed by atoms with van der Waals surface area (Å²) in [6.45, 7) is 2.89. The first-order chi connectivity index (χ1) is 10.1. The van der Waals surface area contributed by atoms with Gasteiger partial charge in [-0.3, -0.25) is 10.1 Å². The highest BCUT2D eigenvalue weighted by molar-refractivity contribution is 9.10. The normalized spacial score (nSPS) is 12.3. The van der Waals surface area contributed by atoms with E-state index in [0.29, 0.717) is 0 Å². The van der Waals surface area contributed by atoms with Crippen LogP contribution in [-0.2, 0) is 6.54 Å². The van der Waals surface area contributed by atoms with Gasteiger partial charge >= 0.3 is 0 Å². The van der Waals surface area contributed by atoms with Crippen molar-refractivity contribution in [3.05, 3.63) is 60.7 Å². The molecule has 1 N–H and O–H groups in total. The number of nitrogens with zero attached hydrogens (tertiary/aromatic N) is 1. The Kier molecular flexibility index (Phi) is 5.90. The van der Waals surface area contributed by atoms with Gasteiger partial charge in [-0.2, -0.15) is 0 Å². The Labute approximate surface area is 136 Å². The zero-order valence-corrected chi connectivity index (χ0v) is 14.1. The zero-order valence-electron chi connectivity index (χ0n) is 11.7. The maximum Gasteiger partial charge on any atom is 0.269 e. The minimum Gasteiger partial charge on any atom is -0.305 e. The van der Waals surface area contributed by atoms with E-state index in [-0.39, 0.29) is 16.7 Å². The van der Waals surface area contributed by atoms with Crippen LogP contribution in [0.15, 0.2) is 40.2 Å². The Morgan fingerprint density at radius 2 is 2.24 bits per heavy atom. The number of nitrogens with one attached hydrogen (secondary N) is 1. The molecule has 2 rings (SSSR count). The van der Waals surface area contributed by atoms with Gasteiger partial charge in [0.15, 0.2) is 0 Å². The lowest BCUT2D eigenvalue weighted by molar-refractivity contribution is -0.384. The largest absolute Gasteiger partial charge is 0.305 e. The maximum atomic E-state index is 10.9. The summed E-state index contributed by atoms with van der Waals surface area (Å²) in [7, 11) is 0. The highest BCUT2D eigenvalue weighted by atomic mass is 79.9. The molecule has 21 heavy (non-hydrogen) atoms. The molecule has 0 radical (unpaired) electrons. The van der Waals surface area contributed by atoms with Gasteiger partial charge in [-0.15, -0.1) is 11.3 Å². The number of non-ortho nitro benzene ring substituents is 1. The number of rotatable bonds is 7. The number of hydrogen-bond donors (Lipinski definition) is 1. The summed E-state index contributed by atoms with van der Waals surface area (Å²) in [6, 6.07) is 9.12. The summed E-state index contributed by atoms with van der Waals surface area (Å²) < 4.78 is 1.09. The summed E-state index contributed by atoms with van der Waals surface area (Å²) >= 11 is 5.14.